The van der Waals surface area contributed by atoms with E-state index in [2.05, 4.69) is 27.0 Å². The maximum absolute atomic E-state index is 13.3. The number of likely N-dealkylation sites (tertiary alicyclic amines) is 1. The molecule has 2 saturated heterocycles. The van der Waals surface area contributed by atoms with Crippen LogP contribution in [0.2, 0.25) is 0 Å². The molecule has 7 nitrogen and oxygen atoms in total. The average molecular weight is 390 g/mol. The normalized spacial score (nSPS) is 27.0. The lowest BCUT2D eigenvalue weighted by atomic mass is 9.86. The Kier molecular flexibility index (Phi) is 6.33. The second-order valence-electron chi connectivity index (χ2n) is 8.81. The zero-order valence-electron chi connectivity index (χ0n) is 17.2. The van der Waals surface area contributed by atoms with E-state index in [0.29, 0.717) is 17.7 Å². The van der Waals surface area contributed by atoms with Gasteiger partial charge in [-0.1, -0.05) is 0 Å². The van der Waals surface area contributed by atoms with E-state index in [-0.39, 0.29) is 12.5 Å². The number of aliphatic hydroxyl groups excluding tert-OH is 1. The van der Waals surface area contributed by atoms with Crippen molar-refractivity contribution in [1.29, 1.82) is 0 Å². The van der Waals surface area contributed by atoms with E-state index in [1.54, 1.807) is 0 Å². The molecule has 2 aliphatic heterocycles. The second-order valence-corrected chi connectivity index (χ2v) is 8.81. The summed E-state index contributed by atoms with van der Waals surface area (Å²) in [5.41, 5.74) is 2.98. The Bertz CT molecular complexity index is 668. The highest BCUT2D eigenvalue weighted by molar-refractivity contribution is 5.94. The van der Waals surface area contributed by atoms with Crippen molar-refractivity contribution >= 4 is 5.91 Å². The Morgan fingerprint density at radius 1 is 1.18 bits per heavy atom. The Morgan fingerprint density at radius 2 is 1.96 bits per heavy atom. The minimum Gasteiger partial charge on any atom is -0.396 e. The van der Waals surface area contributed by atoms with Crippen molar-refractivity contribution in [1.82, 2.24) is 24.9 Å². The third kappa shape index (κ3) is 4.11. The summed E-state index contributed by atoms with van der Waals surface area (Å²) >= 11 is 0. The zero-order valence-corrected chi connectivity index (χ0v) is 17.2. The van der Waals surface area contributed by atoms with E-state index in [1.807, 2.05) is 4.90 Å². The Hall–Kier alpha value is -1.44. The molecule has 1 aromatic heterocycles. The largest absolute Gasteiger partial charge is 0.396 e. The smallest absolute Gasteiger partial charge is 0.274 e. The van der Waals surface area contributed by atoms with Gasteiger partial charge in [0.05, 0.1) is 0 Å². The number of hydrogen-bond donors (Lipinski definition) is 2. The molecule has 28 heavy (non-hydrogen) atoms. The highest BCUT2D eigenvalue weighted by atomic mass is 16.3. The number of piperazine rings is 1. The third-order valence-electron chi connectivity index (χ3n) is 6.98. The maximum Gasteiger partial charge on any atom is 0.274 e. The Labute approximate surface area is 168 Å². The number of hydrogen-bond acceptors (Lipinski definition) is 5. The number of carbonyl (C=O) groups is 1. The second kappa shape index (κ2) is 8.93. The van der Waals surface area contributed by atoms with Crippen LogP contribution in [-0.2, 0) is 12.8 Å². The van der Waals surface area contributed by atoms with Gasteiger partial charge in [-0.15, -0.1) is 0 Å². The predicted octanol–water partition coefficient (Wildman–Crippen LogP) is 1.14. The van der Waals surface area contributed by atoms with Crippen LogP contribution >= 0.6 is 0 Å². The summed E-state index contributed by atoms with van der Waals surface area (Å²) in [7, 11) is 2.19. The topological polar surface area (TPSA) is 75.7 Å². The SMILES string of the molecule is CN1CCN([C@H]2CCN(C(=O)c3n[nH]c4c3CCCC4)C[C@H]2CCCO)CC1. The molecule has 4 rings (SSSR count). The van der Waals surface area contributed by atoms with Crippen LogP contribution in [0.1, 0.15) is 53.8 Å². The van der Waals surface area contributed by atoms with E-state index in [0.717, 1.165) is 83.4 Å². The summed E-state index contributed by atoms with van der Waals surface area (Å²) in [6, 6.07) is 0.525. The van der Waals surface area contributed by atoms with Crippen molar-refractivity contribution in [3.05, 3.63) is 17.0 Å². The average Bonchev–Trinajstić information content (AvgIpc) is 3.16. The van der Waals surface area contributed by atoms with Crippen molar-refractivity contribution in [3.8, 4) is 0 Å². The Morgan fingerprint density at radius 3 is 2.75 bits per heavy atom. The molecule has 3 aliphatic rings. The molecular formula is C21H35N5O2. The molecule has 7 heteroatoms. The molecule has 1 aromatic rings. The number of H-pyrrole nitrogens is 1. The maximum atomic E-state index is 13.3. The minimum absolute atomic E-state index is 0.102. The number of rotatable bonds is 5. The number of carbonyl (C=O) groups excluding carboxylic acids is 1. The molecule has 3 heterocycles. The zero-order chi connectivity index (χ0) is 19.5. The number of fused-ring (bicyclic) bond motifs is 1. The standard InChI is InChI=1S/C21H35N5O2/c1-24-10-12-25(13-11-24)19-8-9-26(15-16(19)5-4-14-27)21(28)20-17-6-2-3-7-18(17)22-23-20/h16,19,27H,2-15H2,1H3,(H,22,23)/t16-,19+/m1/s1. The minimum atomic E-state index is 0.102. The third-order valence-corrected chi connectivity index (χ3v) is 6.98. The number of aromatic amines is 1. The molecule has 2 fully saturated rings. The van der Waals surface area contributed by atoms with Gasteiger partial charge in [-0.05, 0) is 57.9 Å². The molecule has 0 aromatic carbocycles. The van der Waals surface area contributed by atoms with Crippen LogP contribution in [-0.4, -0.2) is 94.9 Å². The van der Waals surface area contributed by atoms with Crippen molar-refractivity contribution < 1.29 is 9.90 Å². The van der Waals surface area contributed by atoms with Crippen molar-refractivity contribution in [2.45, 2.75) is 51.0 Å². The number of likely N-dealkylation sites (N-methyl/N-ethyl adjacent to an activating group) is 1. The lowest BCUT2D eigenvalue weighted by molar-refractivity contribution is 0.0215. The number of aromatic nitrogens is 2. The van der Waals surface area contributed by atoms with Gasteiger partial charge in [-0.3, -0.25) is 14.8 Å². The Balaban J connectivity index is 1.45. The fraction of sp³-hybridized carbons (Fsp3) is 0.810. The van der Waals surface area contributed by atoms with Crippen LogP contribution in [0, 0.1) is 5.92 Å². The first-order valence-electron chi connectivity index (χ1n) is 11.1. The monoisotopic (exact) mass is 389 g/mol. The molecule has 0 bridgehead atoms. The summed E-state index contributed by atoms with van der Waals surface area (Å²) in [5.74, 6) is 0.535. The summed E-state index contributed by atoms with van der Waals surface area (Å²) in [5, 5.41) is 16.9. The summed E-state index contributed by atoms with van der Waals surface area (Å²) in [4.78, 5) is 20.3. The van der Waals surface area contributed by atoms with E-state index < -0.39 is 0 Å². The number of amides is 1. The van der Waals surface area contributed by atoms with Crippen molar-refractivity contribution in [2.75, 3.05) is 52.9 Å². The van der Waals surface area contributed by atoms with Gasteiger partial charge in [0.2, 0.25) is 0 Å². The van der Waals surface area contributed by atoms with Gasteiger partial charge in [-0.25, -0.2) is 0 Å². The van der Waals surface area contributed by atoms with Crippen LogP contribution in [0.4, 0.5) is 0 Å². The molecule has 0 unspecified atom stereocenters. The van der Waals surface area contributed by atoms with Gasteiger partial charge < -0.3 is 14.9 Å². The predicted molar refractivity (Wildman–Crippen MR) is 108 cm³/mol. The fourth-order valence-electron chi connectivity index (χ4n) is 5.28. The first-order chi connectivity index (χ1) is 13.7. The van der Waals surface area contributed by atoms with Crippen LogP contribution in [0.5, 0.6) is 0 Å². The molecule has 1 amide bonds. The van der Waals surface area contributed by atoms with Crippen LogP contribution in [0.15, 0.2) is 0 Å². The summed E-state index contributed by atoms with van der Waals surface area (Å²) < 4.78 is 0. The van der Waals surface area contributed by atoms with E-state index >= 15 is 0 Å². The highest BCUT2D eigenvalue weighted by Gasteiger charge is 2.37. The van der Waals surface area contributed by atoms with E-state index in [4.69, 9.17) is 0 Å². The van der Waals surface area contributed by atoms with Gasteiger partial charge in [0, 0.05) is 63.2 Å². The number of piperidine rings is 1. The lowest BCUT2D eigenvalue weighted by Gasteiger charge is -2.46. The number of nitrogens with one attached hydrogen (secondary N) is 1. The molecule has 0 radical (unpaired) electrons. The first kappa shape index (κ1) is 19.9. The van der Waals surface area contributed by atoms with Gasteiger partial charge in [-0.2, -0.15) is 5.10 Å². The van der Waals surface area contributed by atoms with Crippen molar-refractivity contribution in [3.63, 3.8) is 0 Å². The molecule has 156 valence electrons. The summed E-state index contributed by atoms with van der Waals surface area (Å²) in [6.07, 6.45) is 7.14. The molecule has 2 N–H and O–H groups in total. The molecule has 0 saturated carbocycles. The van der Waals surface area contributed by atoms with Crippen LogP contribution < -0.4 is 0 Å². The van der Waals surface area contributed by atoms with Crippen LogP contribution in [0.25, 0.3) is 0 Å². The number of nitrogens with zero attached hydrogens (tertiary/aromatic N) is 4. The van der Waals surface area contributed by atoms with E-state index in [1.165, 1.54) is 12.1 Å². The van der Waals surface area contributed by atoms with Gasteiger partial charge in [0.15, 0.2) is 5.69 Å². The molecule has 1 aliphatic carbocycles. The summed E-state index contributed by atoms with van der Waals surface area (Å²) in [6.45, 7) is 6.28. The van der Waals surface area contributed by atoms with Gasteiger partial charge in [0.25, 0.3) is 5.91 Å². The van der Waals surface area contributed by atoms with Crippen LogP contribution in [0.3, 0.4) is 0 Å². The van der Waals surface area contributed by atoms with E-state index in [9.17, 15) is 9.90 Å². The molecule has 2 atom stereocenters. The van der Waals surface area contributed by atoms with Crippen molar-refractivity contribution in [2.24, 2.45) is 5.92 Å². The van der Waals surface area contributed by atoms with Gasteiger partial charge in [0.1, 0.15) is 0 Å². The fourth-order valence-corrected chi connectivity index (χ4v) is 5.28. The quantitative estimate of drug-likeness (QED) is 0.790. The number of aryl methyl sites for hydroxylation is 1. The lowest BCUT2D eigenvalue weighted by Crippen LogP contribution is -2.57. The first-order valence-corrected chi connectivity index (χ1v) is 11.1. The number of aliphatic hydroxyl groups is 1. The highest BCUT2D eigenvalue weighted by Crippen LogP contribution is 2.29. The molecular weight excluding hydrogens is 354 g/mol. The molecule has 0 spiro atoms. The van der Waals surface area contributed by atoms with Gasteiger partial charge >= 0.3 is 0 Å².